The van der Waals surface area contributed by atoms with E-state index in [0.717, 1.165) is 15.7 Å². The van der Waals surface area contributed by atoms with Crippen molar-refractivity contribution in [2.75, 3.05) is 18.1 Å². The summed E-state index contributed by atoms with van der Waals surface area (Å²) in [4.78, 5) is 14.9. The fourth-order valence-electron chi connectivity index (χ4n) is 1.52. The fourth-order valence-corrected chi connectivity index (χ4v) is 3.44. The molecule has 0 saturated carbocycles. The smallest absolute Gasteiger partial charge is 0.335 e. The molecular formula is C13H14N2O3S2. The van der Waals surface area contributed by atoms with Gasteiger partial charge in [-0.25, -0.2) is 9.78 Å². The van der Waals surface area contributed by atoms with Crippen molar-refractivity contribution in [2.24, 2.45) is 0 Å². The highest BCUT2D eigenvalue weighted by Crippen LogP contribution is 2.30. The highest BCUT2D eigenvalue weighted by Gasteiger charge is 2.06. The van der Waals surface area contributed by atoms with Crippen LogP contribution in [0.1, 0.15) is 16.1 Å². The number of thiazole rings is 1. The molecule has 5 nitrogen and oxygen atoms in total. The normalized spacial score (nSPS) is 10.4. The van der Waals surface area contributed by atoms with Gasteiger partial charge < -0.3 is 15.6 Å². The first-order valence-electron chi connectivity index (χ1n) is 5.88. The Morgan fingerprint density at radius 1 is 1.45 bits per heavy atom. The molecule has 0 spiro atoms. The molecule has 0 atom stereocenters. The van der Waals surface area contributed by atoms with Crippen LogP contribution in [-0.2, 0) is 0 Å². The van der Waals surface area contributed by atoms with Gasteiger partial charge >= 0.3 is 5.97 Å². The van der Waals surface area contributed by atoms with Crippen LogP contribution in [-0.4, -0.2) is 28.4 Å². The van der Waals surface area contributed by atoms with Gasteiger partial charge in [-0.15, -0.1) is 11.8 Å². The summed E-state index contributed by atoms with van der Waals surface area (Å²) in [7, 11) is 0. The Morgan fingerprint density at radius 3 is 2.70 bits per heavy atom. The maximum Gasteiger partial charge on any atom is 0.335 e. The monoisotopic (exact) mass is 310 g/mol. The summed E-state index contributed by atoms with van der Waals surface area (Å²) < 4.78 is 6.65. The van der Waals surface area contributed by atoms with E-state index >= 15 is 0 Å². The number of carbonyl (C=O) groups is 1. The summed E-state index contributed by atoms with van der Waals surface area (Å²) in [6.45, 7) is 2.47. The van der Waals surface area contributed by atoms with Crippen LogP contribution in [0.5, 0.6) is 5.75 Å². The van der Waals surface area contributed by atoms with Crippen molar-refractivity contribution in [1.29, 1.82) is 0 Å². The molecule has 7 heteroatoms. The van der Waals surface area contributed by atoms with E-state index in [1.807, 2.05) is 6.92 Å². The van der Waals surface area contributed by atoms with Gasteiger partial charge in [0.1, 0.15) is 5.75 Å². The molecule has 0 aliphatic heterocycles. The second-order valence-corrected chi connectivity index (χ2v) is 6.35. The molecule has 0 aliphatic rings. The predicted molar refractivity (Wildman–Crippen MR) is 80.9 cm³/mol. The summed E-state index contributed by atoms with van der Waals surface area (Å²) in [6, 6.07) is 6.37. The highest BCUT2D eigenvalue weighted by molar-refractivity contribution is 8.01. The van der Waals surface area contributed by atoms with Crippen LogP contribution in [0.15, 0.2) is 28.5 Å². The number of hydrogen-bond acceptors (Lipinski definition) is 6. The van der Waals surface area contributed by atoms with Crippen LogP contribution in [0, 0.1) is 6.92 Å². The number of rotatable bonds is 6. The van der Waals surface area contributed by atoms with Crippen molar-refractivity contribution < 1.29 is 14.6 Å². The van der Waals surface area contributed by atoms with Crippen LogP contribution in [0.2, 0.25) is 0 Å². The van der Waals surface area contributed by atoms with Gasteiger partial charge in [0, 0.05) is 5.75 Å². The molecule has 2 rings (SSSR count). The van der Waals surface area contributed by atoms with Crippen molar-refractivity contribution in [3.63, 3.8) is 0 Å². The number of ether oxygens (including phenoxy) is 1. The summed E-state index contributed by atoms with van der Waals surface area (Å²) in [6.07, 6.45) is 0. The van der Waals surface area contributed by atoms with E-state index in [4.69, 9.17) is 15.6 Å². The van der Waals surface area contributed by atoms with Crippen LogP contribution < -0.4 is 10.5 Å². The first-order chi connectivity index (χ1) is 9.56. The summed E-state index contributed by atoms with van der Waals surface area (Å²) >= 11 is 3.13. The SMILES string of the molecule is Cc1nc(N)sc1SCCOc1ccc(C(=O)O)cc1. The molecule has 0 radical (unpaired) electrons. The van der Waals surface area contributed by atoms with Gasteiger partial charge in [0.05, 0.1) is 22.1 Å². The van der Waals surface area contributed by atoms with Crippen molar-refractivity contribution in [2.45, 2.75) is 11.1 Å². The Balaban J connectivity index is 1.78. The number of aromatic nitrogens is 1. The number of aryl methyl sites for hydroxylation is 1. The lowest BCUT2D eigenvalue weighted by Crippen LogP contribution is -2.01. The standard InChI is InChI=1S/C13H14N2O3S2/c1-8-12(20-13(14)15-8)19-7-6-18-10-4-2-9(3-5-10)11(16)17/h2-5H,6-7H2,1H3,(H2,14,15)(H,16,17). The van der Waals surface area contributed by atoms with Gasteiger partial charge in [-0.3, -0.25) is 0 Å². The molecule has 106 valence electrons. The van der Waals surface area contributed by atoms with E-state index in [2.05, 4.69) is 4.98 Å². The quantitative estimate of drug-likeness (QED) is 0.630. The Hall–Kier alpha value is -1.73. The molecule has 1 aromatic heterocycles. The average molecular weight is 310 g/mol. The number of nitrogens with two attached hydrogens (primary N) is 1. The van der Waals surface area contributed by atoms with E-state index in [-0.39, 0.29) is 5.56 Å². The van der Waals surface area contributed by atoms with Crippen molar-refractivity contribution in [3.8, 4) is 5.75 Å². The van der Waals surface area contributed by atoms with E-state index < -0.39 is 5.97 Å². The lowest BCUT2D eigenvalue weighted by atomic mass is 10.2. The molecule has 0 saturated heterocycles. The zero-order valence-corrected chi connectivity index (χ0v) is 12.5. The molecule has 0 bridgehead atoms. The maximum absolute atomic E-state index is 10.7. The molecule has 2 aromatic rings. The molecule has 0 amide bonds. The molecule has 3 N–H and O–H groups in total. The van der Waals surface area contributed by atoms with E-state index in [9.17, 15) is 4.79 Å². The number of hydrogen-bond donors (Lipinski definition) is 2. The number of nitrogens with zero attached hydrogens (tertiary/aromatic N) is 1. The Labute approximate surface area is 124 Å². The Bertz CT molecular complexity index is 596. The van der Waals surface area contributed by atoms with Crippen LogP contribution in [0.25, 0.3) is 0 Å². The van der Waals surface area contributed by atoms with Gasteiger partial charge in [-0.2, -0.15) is 0 Å². The van der Waals surface area contributed by atoms with Gasteiger partial charge in [0.25, 0.3) is 0 Å². The third-order valence-corrected chi connectivity index (χ3v) is 4.77. The molecule has 1 heterocycles. The number of anilines is 1. The zero-order valence-electron chi connectivity index (χ0n) is 10.8. The summed E-state index contributed by atoms with van der Waals surface area (Å²) in [5.41, 5.74) is 6.83. The minimum absolute atomic E-state index is 0.252. The molecule has 0 unspecified atom stereocenters. The largest absolute Gasteiger partial charge is 0.493 e. The number of thioether (sulfide) groups is 1. The van der Waals surface area contributed by atoms with Crippen molar-refractivity contribution in [1.82, 2.24) is 4.98 Å². The minimum Gasteiger partial charge on any atom is -0.493 e. The second kappa shape index (κ2) is 6.62. The highest BCUT2D eigenvalue weighted by atomic mass is 32.2. The molecule has 0 aliphatic carbocycles. The number of nitrogen functional groups attached to an aromatic ring is 1. The molecule has 0 fully saturated rings. The van der Waals surface area contributed by atoms with Crippen molar-refractivity contribution >= 4 is 34.2 Å². The number of benzene rings is 1. The van der Waals surface area contributed by atoms with Crippen LogP contribution in [0.4, 0.5) is 5.13 Å². The third kappa shape index (κ3) is 3.88. The van der Waals surface area contributed by atoms with Gasteiger partial charge in [-0.1, -0.05) is 11.3 Å². The van der Waals surface area contributed by atoms with Gasteiger partial charge in [-0.05, 0) is 31.2 Å². The van der Waals surface area contributed by atoms with E-state index in [0.29, 0.717) is 17.5 Å². The number of carboxylic acid groups (broad SMARTS) is 1. The fraction of sp³-hybridized carbons (Fsp3) is 0.231. The van der Waals surface area contributed by atoms with E-state index in [1.54, 1.807) is 23.9 Å². The Kier molecular flexibility index (Phi) is 4.86. The second-order valence-electron chi connectivity index (χ2n) is 3.95. The third-order valence-electron chi connectivity index (χ3n) is 2.46. The van der Waals surface area contributed by atoms with E-state index in [1.165, 1.54) is 23.5 Å². The lowest BCUT2D eigenvalue weighted by Gasteiger charge is -2.05. The molecular weight excluding hydrogens is 296 g/mol. The van der Waals surface area contributed by atoms with Gasteiger partial charge in [0.15, 0.2) is 5.13 Å². The summed E-state index contributed by atoms with van der Waals surface area (Å²) in [5, 5.41) is 9.36. The first kappa shape index (κ1) is 14.7. The minimum atomic E-state index is -0.939. The summed E-state index contributed by atoms with van der Waals surface area (Å²) in [5.74, 6) is 0.505. The zero-order chi connectivity index (χ0) is 14.5. The molecule has 20 heavy (non-hydrogen) atoms. The van der Waals surface area contributed by atoms with Crippen LogP contribution in [0.3, 0.4) is 0 Å². The number of aromatic carboxylic acids is 1. The van der Waals surface area contributed by atoms with Crippen LogP contribution >= 0.6 is 23.1 Å². The first-order valence-corrected chi connectivity index (χ1v) is 7.68. The molecule has 1 aromatic carbocycles. The Morgan fingerprint density at radius 2 is 2.15 bits per heavy atom. The lowest BCUT2D eigenvalue weighted by molar-refractivity contribution is 0.0697. The average Bonchev–Trinajstić information content (AvgIpc) is 2.73. The topological polar surface area (TPSA) is 85.4 Å². The van der Waals surface area contributed by atoms with Crippen molar-refractivity contribution in [3.05, 3.63) is 35.5 Å². The maximum atomic E-state index is 10.7. The predicted octanol–water partition coefficient (Wildman–Crippen LogP) is 2.90. The van der Waals surface area contributed by atoms with Gasteiger partial charge in [0.2, 0.25) is 0 Å². The number of carboxylic acids is 1.